The minimum Gasteiger partial charge on any atom is -0.491 e. The van der Waals surface area contributed by atoms with Gasteiger partial charge in [-0.25, -0.2) is 0 Å². The van der Waals surface area contributed by atoms with Crippen molar-refractivity contribution in [1.82, 2.24) is 5.32 Å². The molecule has 0 heterocycles. The summed E-state index contributed by atoms with van der Waals surface area (Å²) in [6.07, 6.45) is 0.405. The van der Waals surface area contributed by atoms with E-state index < -0.39 is 0 Å². The third-order valence-electron chi connectivity index (χ3n) is 4.78. The van der Waals surface area contributed by atoms with Crippen LogP contribution in [-0.2, 0) is 4.79 Å². The van der Waals surface area contributed by atoms with E-state index in [1.165, 1.54) is 0 Å². The molecule has 3 nitrogen and oxygen atoms in total. The minimum absolute atomic E-state index is 0.0265. The number of hydrogen-bond donors (Lipinski definition) is 1. The van der Waals surface area contributed by atoms with E-state index in [1.54, 1.807) is 0 Å². The average Bonchev–Trinajstić information content (AvgIpc) is 2.73. The lowest BCUT2D eigenvalue weighted by Gasteiger charge is -2.20. The summed E-state index contributed by atoms with van der Waals surface area (Å²) in [5, 5.41) is 3.08. The molecule has 0 spiro atoms. The molecule has 0 aliphatic carbocycles. The Hall–Kier alpha value is -3.07. The van der Waals surface area contributed by atoms with Crippen molar-refractivity contribution in [1.29, 1.82) is 0 Å². The molecule has 0 aliphatic heterocycles. The standard InChI is InChI=1S/C25H27NO2/c1-19-11-9-10-16-24(19)28-18-20(2)26-25(27)17-23(21-12-5-3-6-13-21)22-14-7-4-8-15-22/h3-16,20,23H,17-18H2,1-2H3,(H,26,27)/t20-/m0/s1. The summed E-state index contributed by atoms with van der Waals surface area (Å²) in [4.78, 5) is 12.7. The van der Waals surface area contributed by atoms with E-state index in [2.05, 4.69) is 29.6 Å². The molecule has 3 aromatic carbocycles. The van der Waals surface area contributed by atoms with Crippen molar-refractivity contribution in [2.75, 3.05) is 6.61 Å². The van der Waals surface area contributed by atoms with Gasteiger partial charge in [0.1, 0.15) is 12.4 Å². The van der Waals surface area contributed by atoms with Gasteiger partial charge in [-0.05, 0) is 36.6 Å². The Balaban J connectivity index is 1.61. The summed E-state index contributed by atoms with van der Waals surface area (Å²) in [5.41, 5.74) is 3.38. The first-order valence-corrected chi connectivity index (χ1v) is 9.71. The number of para-hydroxylation sites is 1. The Morgan fingerprint density at radius 3 is 1.96 bits per heavy atom. The van der Waals surface area contributed by atoms with Crippen LogP contribution < -0.4 is 10.1 Å². The number of rotatable bonds is 8. The molecule has 1 N–H and O–H groups in total. The summed E-state index contributed by atoms with van der Waals surface area (Å²) >= 11 is 0. The van der Waals surface area contributed by atoms with Crippen LogP contribution in [0, 0.1) is 6.92 Å². The SMILES string of the molecule is Cc1ccccc1OC[C@H](C)NC(=O)CC(c1ccccc1)c1ccccc1. The van der Waals surface area contributed by atoms with Crippen LogP contribution >= 0.6 is 0 Å². The second kappa shape index (κ2) is 9.75. The van der Waals surface area contributed by atoms with Crippen LogP contribution in [0.5, 0.6) is 5.75 Å². The van der Waals surface area contributed by atoms with Gasteiger partial charge < -0.3 is 10.1 Å². The van der Waals surface area contributed by atoms with Crippen molar-refractivity contribution < 1.29 is 9.53 Å². The molecule has 0 fully saturated rings. The second-order valence-corrected chi connectivity index (χ2v) is 7.12. The Morgan fingerprint density at radius 2 is 1.39 bits per heavy atom. The fourth-order valence-corrected chi connectivity index (χ4v) is 3.29. The van der Waals surface area contributed by atoms with Crippen LogP contribution in [-0.4, -0.2) is 18.6 Å². The predicted molar refractivity (Wildman–Crippen MR) is 114 cm³/mol. The first-order valence-electron chi connectivity index (χ1n) is 9.71. The molecule has 1 atom stereocenters. The third-order valence-corrected chi connectivity index (χ3v) is 4.78. The minimum atomic E-state index is -0.0701. The molecule has 1 amide bonds. The molecule has 0 saturated carbocycles. The fraction of sp³-hybridized carbons (Fsp3) is 0.240. The number of hydrogen-bond acceptors (Lipinski definition) is 2. The number of benzene rings is 3. The molecule has 3 heteroatoms. The van der Waals surface area contributed by atoms with Gasteiger partial charge in [0.2, 0.25) is 5.91 Å². The van der Waals surface area contributed by atoms with Crippen LogP contribution in [0.4, 0.5) is 0 Å². The van der Waals surface area contributed by atoms with E-state index in [1.807, 2.05) is 74.5 Å². The number of amides is 1. The maximum Gasteiger partial charge on any atom is 0.221 e. The van der Waals surface area contributed by atoms with Gasteiger partial charge in [0.25, 0.3) is 0 Å². The zero-order valence-electron chi connectivity index (χ0n) is 16.5. The molecule has 0 unspecified atom stereocenters. The van der Waals surface area contributed by atoms with E-state index in [0.717, 1.165) is 22.4 Å². The molecule has 0 bridgehead atoms. The molecule has 0 aliphatic rings. The van der Waals surface area contributed by atoms with Gasteiger partial charge in [0.05, 0.1) is 6.04 Å². The first-order chi connectivity index (χ1) is 13.6. The monoisotopic (exact) mass is 373 g/mol. The number of ether oxygens (including phenoxy) is 1. The van der Waals surface area contributed by atoms with E-state index in [0.29, 0.717) is 13.0 Å². The Labute approximate surface area is 167 Å². The summed E-state index contributed by atoms with van der Waals surface area (Å²) < 4.78 is 5.86. The van der Waals surface area contributed by atoms with Crippen molar-refractivity contribution in [3.05, 3.63) is 102 Å². The summed E-state index contributed by atoms with van der Waals surface area (Å²) in [5.74, 6) is 0.917. The van der Waals surface area contributed by atoms with Crippen molar-refractivity contribution in [2.45, 2.75) is 32.2 Å². The predicted octanol–water partition coefficient (Wildman–Crippen LogP) is 5.10. The highest BCUT2D eigenvalue weighted by Gasteiger charge is 2.19. The molecule has 0 saturated heterocycles. The number of nitrogens with one attached hydrogen (secondary N) is 1. The lowest BCUT2D eigenvalue weighted by Crippen LogP contribution is -2.37. The zero-order valence-corrected chi connectivity index (χ0v) is 16.5. The number of aryl methyl sites for hydroxylation is 1. The van der Waals surface area contributed by atoms with Crippen LogP contribution in [0.15, 0.2) is 84.9 Å². The van der Waals surface area contributed by atoms with Crippen molar-refractivity contribution in [2.24, 2.45) is 0 Å². The topological polar surface area (TPSA) is 38.3 Å². The summed E-state index contributed by atoms with van der Waals surface area (Å²) in [6, 6.07) is 28.2. The van der Waals surface area contributed by atoms with Gasteiger partial charge in [0, 0.05) is 12.3 Å². The maximum atomic E-state index is 12.7. The smallest absolute Gasteiger partial charge is 0.221 e. The summed E-state index contributed by atoms with van der Waals surface area (Å²) in [7, 11) is 0. The lowest BCUT2D eigenvalue weighted by molar-refractivity contribution is -0.122. The van der Waals surface area contributed by atoms with Crippen molar-refractivity contribution in [3.8, 4) is 5.75 Å². The normalized spacial score (nSPS) is 11.8. The molecule has 28 heavy (non-hydrogen) atoms. The quantitative estimate of drug-likeness (QED) is 0.596. The molecule has 0 radical (unpaired) electrons. The zero-order chi connectivity index (χ0) is 19.8. The van der Waals surface area contributed by atoms with E-state index in [9.17, 15) is 4.79 Å². The average molecular weight is 373 g/mol. The second-order valence-electron chi connectivity index (χ2n) is 7.12. The van der Waals surface area contributed by atoms with Crippen LogP contribution in [0.3, 0.4) is 0 Å². The Morgan fingerprint density at radius 1 is 0.857 bits per heavy atom. The number of carbonyl (C=O) groups excluding carboxylic acids is 1. The van der Waals surface area contributed by atoms with Gasteiger partial charge in [-0.3, -0.25) is 4.79 Å². The molecular weight excluding hydrogens is 346 g/mol. The van der Waals surface area contributed by atoms with Gasteiger partial charge in [-0.2, -0.15) is 0 Å². The largest absolute Gasteiger partial charge is 0.491 e. The third kappa shape index (κ3) is 5.46. The molecule has 3 aromatic rings. The van der Waals surface area contributed by atoms with Crippen LogP contribution in [0.2, 0.25) is 0 Å². The van der Waals surface area contributed by atoms with Gasteiger partial charge in [0.15, 0.2) is 0 Å². The highest BCUT2D eigenvalue weighted by atomic mass is 16.5. The van der Waals surface area contributed by atoms with Gasteiger partial charge >= 0.3 is 0 Å². The summed E-state index contributed by atoms with van der Waals surface area (Å²) in [6.45, 7) is 4.43. The molecule has 144 valence electrons. The Kier molecular flexibility index (Phi) is 6.85. The maximum absolute atomic E-state index is 12.7. The molecule has 0 aromatic heterocycles. The highest BCUT2D eigenvalue weighted by molar-refractivity contribution is 5.77. The first kappa shape index (κ1) is 19.7. The van der Waals surface area contributed by atoms with Gasteiger partial charge in [-0.15, -0.1) is 0 Å². The van der Waals surface area contributed by atoms with Crippen molar-refractivity contribution in [3.63, 3.8) is 0 Å². The molecular formula is C25H27NO2. The van der Waals surface area contributed by atoms with E-state index in [-0.39, 0.29) is 17.9 Å². The van der Waals surface area contributed by atoms with Gasteiger partial charge in [-0.1, -0.05) is 78.9 Å². The lowest BCUT2D eigenvalue weighted by atomic mass is 9.88. The Bertz CT molecular complexity index is 838. The van der Waals surface area contributed by atoms with Crippen molar-refractivity contribution >= 4 is 5.91 Å². The number of carbonyl (C=O) groups is 1. The van der Waals surface area contributed by atoms with Crippen LogP contribution in [0.25, 0.3) is 0 Å². The molecule has 3 rings (SSSR count). The highest BCUT2D eigenvalue weighted by Crippen LogP contribution is 2.27. The van der Waals surface area contributed by atoms with E-state index >= 15 is 0 Å². The fourth-order valence-electron chi connectivity index (χ4n) is 3.29. The van der Waals surface area contributed by atoms with Crippen LogP contribution in [0.1, 0.15) is 36.0 Å². The van der Waals surface area contributed by atoms with E-state index in [4.69, 9.17) is 4.74 Å².